The van der Waals surface area contributed by atoms with E-state index in [-0.39, 0.29) is 12.4 Å². The van der Waals surface area contributed by atoms with Gasteiger partial charge in [-0.05, 0) is 72.1 Å². The van der Waals surface area contributed by atoms with Crippen molar-refractivity contribution in [2.45, 2.75) is 33.3 Å². The van der Waals surface area contributed by atoms with Gasteiger partial charge >= 0.3 is 5.97 Å². The van der Waals surface area contributed by atoms with Crippen LogP contribution in [0.3, 0.4) is 0 Å². The van der Waals surface area contributed by atoms with Crippen LogP contribution in [0.25, 0.3) is 5.70 Å². The van der Waals surface area contributed by atoms with Gasteiger partial charge in [-0.25, -0.2) is 4.79 Å². The van der Waals surface area contributed by atoms with Crippen LogP contribution >= 0.6 is 31.9 Å². The summed E-state index contributed by atoms with van der Waals surface area (Å²) in [5.74, 6) is -0.171. The molecule has 1 aliphatic heterocycles. The fourth-order valence-electron chi connectivity index (χ4n) is 5.04. The number of halogens is 2. The SMILES string of the molecule is CCOC(=O)C1=C(C)NC2=C(C(=O)c3ccccc32)[C@H]1c1cc(Br)c(OCc2ccc(Br)cc2)c(OCC)c1. The van der Waals surface area contributed by atoms with Crippen LogP contribution in [0.15, 0.2) is 86.5 Å². The molecule has 0 amide bonds. The monoisotopic (exact) mass is 651 g/mol. The second-order valence-electron chi connectivity index (χ2n) is 9.16. The Balaban J connectivity index is 1.61. The van der Waals surface area contributed by atoms with Crippen LogP contribution < -0.4 is 14.8 Å². The zero-order chi connectivity index (χ0) is 27.7. The maximum Gasteiger partial charge on any atom is 0.336 e. The highest BCUT2D eigenvalue weighted by molar-refractivity contribution is 9.10. The van der Waals surface area contributed by atoms with Gasteiger partial charge in [-0.15, -0.1) is 0 Å². The fraction of sp³-hybridized carbons (Fsp3) is 0.226. The summed E-state index contributed by atoms with van der Waals surface area (Å²) >= 11 is 7.13. The third-order valence-electron chi connectivity index (χ3n) is 6.71. The molecule has 0 spiro atoms. The van der Waals surface area contributed by atoms with Gasteiger partial charge in [0.15, 0.2) is 17.3 Å². The molecule has 0 saturated carbocycles. The molecule has 1 atom stereocenters. The summed E-state index contributed by atoms with van der Waals surface area (Å²) in [6.45, 7) is 6.47. The lowest BCUT2D eigenvalue weighted by molar-refractivity contribution is -0.138. The van der Waals surface area contributed by atoms with E-state index in [1.54, 1.807) is 6.92 Å². The number of esters is 1. The molecular weight excluding hydrogens is 626 g/mol. The van der Waals surface area contributed by atoms with Gasteiger partial charge in [0, 0.05) is 32.8 Å². The van der Waals surface area contributed by atoms with Crippen molar-refractivity contribution in [1.29, 1.82) is 0 Å². The Kier molecular flexibility index (Phi) is 7.96. The number of dihydropyridines is 1. The molecule has 0 saturated heterocycles. The highest BCUT2D eigenvalue weighted by Crippen LogP contribution is 2.49. The molecule has 0 aromatic heterocycles. The number of ether oxygens (including phenoxy) is 3. The van der Waals surface area contributed by atoms with Crippen LogP contribution in [0, 0.1) is 0 Å². The van der Waals surface area contributed by atoms with Crippen LogP contribution in [0.5, 0.6) is 11.5 Å². The van der Waals surface area contributed by atoms with E-state index in [0.717, 1.165) is 26.9 Å². The molecule has 1 aliphatic carbocycles. The van der Waals surface area contributed by atoms with Crippen LogP contribution in [-0.4, -0.2) is 25.0 Å². The second-order valence-corrected chi connectivity index (χ2v) is 10.9. The van der Waals surface area contributed by atoms with E-state index in [4.69, 9.17) is 14.2 Å². The van der Waals surface area contributed by atoms with Crippen molar-refractivity contribution in [3.8, 4) is 11.5 Å². The molecule has 6 nitrogen and oxygen atoms in total. The first kappa shape index (κ1) is 27.2. The van der Waals surface area contributed by atoms with Gasteiger partial charge in [0.2, 0.25) is 0 Å². The molecule has 5 rings (SSSR count). The Bertz CT molecular complexity index is 1520. The number of hydrogen-bond acceptors (Lipinski definition) is 6. The lowest BCUT2D eigenvalue weighted by Crippen LogP contribution is -2.29. The zero-order valence-corrected chi connectivity index (χ0v) is 24.9. The predicted molar refractivity (Wildman–Crippen MR) is 157 cm³/mol. The molecular formula is C31H27Br2NO5. The number of benzene rings is 3. The average molecular weight is 653 g/mol. The molecule has 1 N–H and O–H groups in total. The first-order chi connectivity index (χ1) is 18.8. The van der Waals surface area contributed by atoms with E-state index < -0.39 is 11.9 Å². The molecule has 0 bridgehead atoms. The van der Waals surface area contributed by atoms with Gasteiger partial charge in [0.05, 0.1) is 29.0 Å². The Hall–Kier alpha value is -3.36. The molecule has 39 heavy (non-hydrogen) atoms. The highest BCUT2D eigenvalue weighted by atomic mass is 79.9. The van der Waals surface area contributed by atoms with Gasteiger partial charge in [0.1, 0.15) is 6.61 Å². The van der Waals surface area contributed by atoms with Crippen molar-refractivity contribution >= 4 is 49.3 Å². The van der Waals surface area contributed by atoms with E-state index in [9.17, 15) is 9.59 Å². The number of carbonyl (C=O) groups excluding carboxylic acids is 2. The van der Waals surface area contributed by atoms with E-state index in [1.807, 2.05) is 74.5 Å². The third-order valence-corrected chi connectivity index (χ3v) is 7.82. The Morgan fingerprint density at radius 3 is 2.36 bits per heavy atom. The van der Waals surface area contributed by atoms with Crippen LogP contribution in [-0.2, 0) is 16.1 Å². The summed E-state index contributed by atoms with van der Waals surface area (Å²) in [6, 6.07) is 19.1. The topological polar surface area (TPSA) is 73.9 Å². The molecule has 0 fully saturated rings. The lowest BCUT2D eigenvalue weighted by atomic mass is 9.79. The summed E-state index contributed by atoms with van der Waals surface area (Å²) < 4.78 is 19.3. The molecule has 3 aromatic carbocycles. The van der Waals surface area contributed by atoms with Crippen molar-refractivity contribution in [3.63, 3.8) is 0 Å². The molecule has 200 valence electrons. The zero-order valence-electron chi connectivity index (χ0n) is 21.8. The van der Waals surface area contributed by atoms with Gasteiger partial charge in [-0.1, -0.05) is 52.3 Å². The van der Waals surface area contributed by atoms with Crippen LogP contribution in [0.1, 0.15) is 53.7 Å². The summed E-state index contributed by atoms with van der Waals surface area (Å²) in [5, 5.41) is 3.33. The van der Waals surface area contributed by atoms with Gasteiger partial charge in [-0.2, -0.15) is 0 Å². The standard InChI is InChI=1S/C31H27Br2NO5/c1-4-37-24-15-19(14-23(33)30(24)39-16-18-10-12-20(32)13-11-18)26-25(31(36)38-5-2)17(3)34-28-21-8-6-7-9-22(21)29(35)27(26)28/h6-15,26,34H,4-5,16H2,1-3H3/t26-/m0/s1. The number of carbonyl (C=O) groups is 2. The maximum atomic E-state index is 13.7. The first-order valence-electron chi connectivity index (χ1n) is 12.7. The van der Waals surface area contributed by atoms with Crippen molar-refractivity contribution in [3.05, 3.63) is 109 Å². The summed E-state index contributed by atoms with van der Waals surface area (Å²) in [5.41, 5.74) is 5.43. The Labute approximate surface area is 244 Å². The average Bonchev–Trinajstić information content (AvgIpc) is 3.20. The molecule has 0 radical (unpaired) electrons. The van der Waals surface area contributed by atoms with Gasteiger partial charge in [-0.3, -0.25) is 4.79 Å². The van der Waals surface area contributed by atoms with Gasteiger partial charge in [0.25, 0.3) is 0 Å². The second kappa shape index (κ2) is 11.4. The summed E-state index contributed by atoms with van der Waals surface area (Å²) in [7, 11) is 0. The van der Waals surface area contributed by atoms with Crippen molar-refractivity contribution < 1.29 is 23.8 Å². The highest BCUT2D eigenvalue weighted by Gasteiger charge is 2.43. The molecule has 0 unspecified atom stereocenters. The van der Waals surface area contributed by atoms with Crippen LogP contribution in [0.2, 0.25) is 0 Å². The van der Waals surface area contributed by atoms with E-state index in [2.05, 4.69) is 37.2 Å². The Morgan fingerprint density at radius 1 is 0.949 bits per heavy atom. The largest absolute Gasteiger partial charge is 0.490 e. The number of hydrogen-bond donors (Lipinski definition) is 1. The predicted octanol–water partition coefficient (Wildman–Crippen LogP) is 7.32. The summed E-state index contributed by atoms with van der Waals surface area (Å²) in [6.07, 6.45) is 0. The fourth-order valence-corrected chi connectivity index (χ4v) is 5.87. The van der Waals surface area contributed by atoms with Crippen LogP contribution in [0.4, 0.5) is 0 Å². The third kappa shape index (κ3) is 5.15. The van der Waals surface area contributed by atoms with Crippen molar-refractivity contribution in [2.24, 2.45) is 0 Å². The minimum atomic E-state index is -0.656. The first-order valence-corrected chi connectivity index (χ1v) is 14.3. The number of fused-ring (bicyclic) bond motifs is 2. The normalized spacial score (nSPS) is 16.0. The molecule has 1 heterocycles. The van der Waals surface area contributed by atoms with Crippen molar-refractivity contribution in [1.82, 2.24) is 5.32 Å². The van der Waals surface area contributed by atoms with Crippen molar-refractivity contribution in [2.75, 3.05) is 13.2 Å². The number of ketones is 1. The minimum absolute atomic E-state index is 0.114. The molecule has 2 aliphatic rings. The number of nitrogens with one attached hydrogen (secondary N) is 1. The Morgan fingerprint density at radius 2 is 1.67 bits per heavy atom. The van der Waals surface area contributed by atoms with E-state index in [0.29, 0.717) is 51.6 Å². The summed E-state index contributed by atoms with van der Waals surface area (Å²) in [4.78, 5) is 27.0. The maximum absolute atomic E-state index is 13.7. The number of allylic oxidation sites excluding steroid dienone is 2. The number of Topliss-reactive ketones (excluding diaryl/α,β-unsaturated/α-hetero) is 1. The molecule has 3 aromatic rings. The molecule has 8 heteroatoms. The number of rotatable bonds is 8. The van der Waals surface area contributed by atoms with E-state index in [1.165, 1.54) is 0 Å². The quantitative estimate of drug-likeness (QED) is 0.257. The lowest BCUT2D eigenvalue weighted by Gasteiger charge is -2.30. The minimum Gasteiger partial charge on any atom is -0.490 e. The van der Waals surface area contributed by atoms with Gasteiger partial charge < -0.3 is 19.5 Å². The smallest absolute Gasteiger partial charge is 0.336 e. The van der Waals surface area contributed by atoms with E-state index >= 15 is 0 Å².